The zero-order chi connectivity index (χ0) is 19.0. The molecule has 1 amide bonds. The van der Waals surface area contributed by atoms with Gasteiger partial charge in [-0.25, -0.2) is 14.6 Å². The summed E-state index contributed by atoms with van der Waals surface area (Å²) in [6.07, 6.45) is 7.48. The lowest BCUT2D eigenvalue weighted by Gasteiger charge is -2.19. The Labute approximate surface area is 160 Å². The molecule has 8 nitrogen and oxygen atoms in total. The second-order valence-electron chi connectivity index (χ2n) is 8.34. The summed E-state index contributed by atoms with van der Waals surface area (Å²) in [5.74, 6) is 3.14. The molecule has 0 bridgehead atoms. The molecule has 1 saturated carbocycles. The maximum absolute atomic E-state index is 12.4. The number of hydrogen-bond acceptors (Lipinski definition) is 5. The highest BCUT2D eigenvalue weighted by Gasteiger charge is 2.40. The molecule has 0 spiro atoms. The SMILES string of the molecule is CC(C)Cn1ncnc1CN1C[C@@H](NC(=O)C2CC2)[C@H](c2nccn2C)C1. The van der Waals surface area contributed by atoms with Crippen molar-refractivity contribution in [2.45, 2.75) is 51.7 Å². The van der Waals surface area contributed by atoms with Gasteiger partial charge in [-0.05, 0) is 18.8 Å². The Hall–Kier alpha value is -2.22. The first-order valence-corrected chi connectivity index (χ1v) is 9.88. The monoisotopic (exact) mass is 371 g/mol. The third kappa shape index (κ3) is 4.05. The molecule has 146 valence electrons. The summed E-state index contributed by atoms with van der Waals surface area (Å²) in [5, 5.41) is 7.66. The van der Waals surface area contributed by atoms with E-state index < -0.39 is 0 Å². The van der Waals surface area contributed by atoms with Crippen LogP contribution in [0.5, 0.6) is 0 Å². The average Bonchev–Trinajstić information content (AvgIpc) is 3.09. The van der Waals surface area contributed by atoms with Crippen LogP contribution >= 0.6 is 0 Å². The van der Waals surface area contributed by atoms with Crippen molar-refractivity contribution < 1.29 is 4.79 Å². The fraction of sp³-hybridized carbons (Fsp3) is 0.684. The van der Waals surface area contributed by atoms with Crippen molar-refractivity contribution in [3.63, 3.8) is 0 Å². The van der Waals surface area contributed by atoms with E-state index in [1.165, 1.54) is 0 Å². The van der Waals surface area contributed by atoms with Crippen LogP contribution in [0.1, 0.15) is 44.3 Å². The Morgan fingerprint density at radius 1 is 1.30 bits per heavy atom. The summed E-state index contributed by atoms with van der Waals surface area (Å²) in [6, 6.07) is 0.0840. The summed E-state index contributed by atoms with van der Waals surface area (Å²) in [5.41, 5.74) is 0. The van der Waals surface area contributed by atoms with E-state index in [0.717, 1.165) is 50.7 Å². The van der Waals surface area contributed by atoms with Gasteiger partial charge in [0, 0.05) is 45.0 Å². The van der Waals surface area contributed by atoms with E-state index >= 15 is 0 Å². The molecule has 1 saturated heterocycles. The Kier molecular flexibility index (Phi) is 4.99. The predicted molar refractivity (Wildman–Crippen MR) is 101 cm³/mol. The minimum absolute atomic E-state index is 0.0840. The van der Waals surface area contributed by atoms with Crippen molar-refractivity contribution in [1.29, 1.82) is 0 Å². The van der Waals surface area contributed by atoms with Gasteiger partial charge in [0.1, 0.15) is 18.0 Å². The van der Waals surface area contributed by atoms with E-state index in [9.17, 15) is 4.79 Å². The average molecular weight is 371 g/mol. The zero-order valence-electron chi connectivity index (χ0n) is 16.4. The van der Waals surface area contributed by atoms with Crippen LogP contribution in [0, 0.1) is 11.8 Å². The number of aryl methyl sites for hydroxylation is 1. The fourth-order valence-electron chi connectivity index (χ4n) is 3.91. The Morgan fingerprint density at radius 2 is 2.11 bits per heavy atom. The van der Waals surface area contributed by atoms with E-state index in [1.807, 2.05) is 24.1 Å². The second kappa shape index (κ2) is 7.42. The van der Waals surface area contributed by atoms with Gasteiger partial charge in [-0.15, -0.1) is 0 Å². The molecule has 0 unspecified atom stereocenters. The van der Waals surface area contributed by atoms with E-state index in [2.05, 4.69) is 43.7 Å². The standard InChI is InChI=1S/C19H29N7O/c1-13(2)8-26-17(21-12-22-26)11-25-9-15(18-20-6-7-24(18)3)16(10-25)23-19(27)14-4-5-14/h6-7,12-16H,4-5,8-11H2,1-3H3,(H,23,27)/t15-,16-/m1/s1. The number of rotatable bonds is 7. The van der Waals surface area contributed by atoms with Crippen LogP contribution in [-0.2, 0) is 24.9 Å². The normalized spacial score (nSPS) is 23.3. The van der Waals surface area contributed by atoms with Crippen LogP contribution in [0.15, 0.2) is 18.7 Å². The van der Waals surface area contributed by atoms with Gasteiger partial charge in [0.15, 0.2) is 0 Å². The van der Waals surface area contributed by atoms with Crippen LogP contribution in [0.4, 0.5) is 0 Å². The van der Waals surface area contributed by atoms with Gasteiger partial charge in [0.2, 0.25) is 5.91 Å². The number of amides is 1. The van der Waals surface area contributed by atoms with E-state index in [0.29, 0.717) is 5.92 Å². The molecule has 2 aromatic rings. The predicted octanol–water partition coefficient (Wildman–Crippen LogP) is 1.16. The summed E-state index contributed by atoms with van der Waals surface area (Å²) >= 11 is 0. The molecule has 2 fully saturated rings. The first-order chi connectivity index (χ1) is 13.0. The van der Waals surface area contributed by atoms with Gasteiger partial charge in [-0.3, -0.25) is 9.69 Å². The van der Waals surface area contributed by atoms with E-state index in [-0.39, 0.29) is 23.8 Å². The second-order valence-corrected chi connectivity index (χ2v) is 8.34. The van der Waals surface area contributed by atoms with Crippen molar-refractivity contribution in [2.24, 2.45) is 18.9 Å². The van der Waals surface area contributed by atoms with Crippen molar-refractivity contribution in [3.05, 3.63) is 30.4 Å². The van der Waals surface area contributed by atoms with Gasteiger partial charge in [0.05, 0.1) is 18.5 Å². The molecule has 2 aromatic heterocycles. The highest BCUT2D eigenvalue weighted by Crippen LogP contribution is 2.32. The number of aromatic nitrogens is 5. The summed E-state index contributed by atoms with van der Waals surface area (Å²) in [4.78, 5) is 23.8. The smallest absolute Gasteiger partial charge is 0.223 e. The van der Waals surface area contributed by atoms with Crippen LogP contribution in [0.3, 0.4) is 0 Å². The topological polar surface area (TPSA) is 80.9 Å². The van der Waals surface area contributed by atoms with Gasteiger partial charge in [0.25, 0.3) is 0 Å². The van der Waals surface area contributed by atoms with Gasteiger partial charge < -0.3 is 9.88 Å². The maximum atomic E-state index is 12.4. The maximum Gasteiger partial charge on any atom is 0.223 e. The quantitative estimate of drug-likeness (QED) is 0.790. The number of nitrogens with one attached hydrogen (secondary N) is 1. The highest BCUT2D eigenvalue weighted by molar-refractivity contribution is 5.81. The molecular weight excluding hydrogens is 342 g/mol. The summed E-state index contributed by atoms with van der Waals surface area (Å²) < 4.78 is 4.06. The minimum atomic E-state index is 0.0840. The number of imidazole rings is 1. The van der Waals surface area contributed by atoms with Crippen LogP contribution < -0.4 is 5.32 Å². The number of likely N-dealkylation sites (tertiary alicyclic amines) is 1. The fourth-order valence-corrected chi connectivity index (χ4v) is 3.91. The van der Waals surface area contributed by atoms with Crippen molar-refractivity contribution in [3.8, 4) is 0 Å². The summed E-state index contributed by atoms with van der Waals surface area (Å²) in [6.45, 7) is 7.64. The van der Waals surface area contributed by atoms with Crippen molar-refractivity contribution in [1.82, 2.24) is 34.5 Å². The lowest BCUT2D eigenvalue weighted by atomic mass is 10.0. The van der Waals surface area contributed by atoms with E-state index in [4.69, 9.17) is 0 Å². The van der Waals surface area contributed by atoms with Crippen LogP contribution in [0.2, 0.25) is 0 Å². The molecule has 2 atom stereocenters. The first kappa shape index (κ1) is 18.2. The highest BCUT2D eigenvalue weighted by atomic mass is 16.2. The number of carbonyl (C=O) groups excluding carboxylic acids is 1. The molecule has 0 radical (unpaired) electrons. The lowest BCUT2D eigenvalue weighted by Crippen LogP contribution is -2.41. The van der Waals surface area contributed by atoms with Crippen LogP contribution in [0.25, 0.3) is 0 Å². The Bertz CT molecular complexity index is 792. The molecule has 3 heterocycles. The number of hydrogen-bond donors (Lipinski definition) is 1. The molecule has 1 aliphatic carbocycles. The molecule has 8 heteroatoms. The Balaban J connectivity index is 1.49. The molecule has 27 heavy (non-hydrogen) atoms. The zero-order valence-corrected chi connectivity index (χ0v) is 16.4. The Morgan fingerprint density at radius 3 is 2.78 bits per heavy atom. The van der Waals surface area contributed by atoms with Crippen molar-refractivity contribution in [2.75, 3.05) is 13.1 Å². The van der Waals surface area contributed by atoms with Gasteiger partial charge >= 0.3 is 0 Å². The molecule has 1 N–H and O–H groups in total. The molecule has 0 aromatic carbocycles. The van der Waals surface area contributed by atoms with E-state index in [1.54, 1.807) is 6.33 Å². The molecular formula is C19H29N7O. The van der Waals surface area contributed by atoms with Crippen molar-refractivity contribution >= 4 is 5.91 Å². The minimum Gasteiger partial charge on any atom is -0.351 e. The third-order valence-corrected chi connectivity index (χ3v) is 5.46. The summed E-state index contributed by atoms with van der Waals surface area (Å²) in [7, 11) is 2.02. The number of nitrogens with zero attached hydrogens (tertiary/aromatic N) is 6. The third-order valence-electron chi connectivity index (χ3n) is 5.46. The largest absolute Gasteiger partial charge is 0.351 e. The molecule has 1 aliphatic heterocycles. The molecule has 2 aliphatic rings. The van der Waals surface area contributed by atoms with Gasteiger partial charge in [-0.1, -0.05) is 13.8 Å². The molecule has 4 rings (SSSR count). The number of carbonyl (C=O) groups is 1. The lowest BCUT2D eigenvalue weighted by molar-refractivity contribution is -0.123. The van der Waals surface area contributed by atoms with Crippen LogP contribution in [-0.4, -0.2) is 54.3 Å². The first-order valence-electron chi connectivity index (χ1n) is 9.88. The van der Waals surface area contributed by atoms with Gasteiger partial charge in [-0.2, -0.15) is 5.10 Å².